The molecule has 0 atom stereocenters. The number of carbonyl (C=O) groups is 1. The number of nitrogens with zero attached hydrogens (tertiary/aromatic N) is 3. The van der Waals surface area contributed by atoms with Gasteiger partial charge in [-0.25, -0.2) is 9.78 Å². The molecule has 2 heterocycles. The highest BCUT2D eigenvalue weighted by atomic mass is 16.5. The Morgan fingerprint density at radius 3 is 2.72 bits per heavy atom. The smallest absolute Gasteiger partial charge is 0.337 e. The zero-order chi connectivity index (χ0) is 17.8. The topological polar surface area (TPSA) is 67.3 Å². The molecular weight excluding hydrogens is 316 g/mol. The van der Waals surface area contributed by atoms with Crippen molar-refractivity contribution in [2.45, 2.75) is 26.7 Å². The molecule has 1 N–H and O–H groups in total. The maximum absolute atomic E-state index is 11.7. The zero-order valence-corrected chi connectivity index (χ0v) is 15.0. The predicted octanol–water partition coefficient (Wildman–Crippen LogP) is 3.55. The van der Waals surface area contributed by atoms with E-state index in [0.717, 1.165) is 36.2 Å². The second-order valence-electron chi connectivity index (χ2n) is 6.56. The second kappa shape index (κ2) is 7.51. The number of ether oxygens (including phenoxy) is 1. The first kappa shape index (κ1) is 17.2. The van der Waals surface area contributed by atoms with E-state index in [4.69, 9.17) is 4.74 Å². The summed E-state index contributed by atoms with van der Waals surface area (Å²) in [4.78, 5) is 23.1. The monoisotopic (exact) mass is 340 g/mol. The SMILES string of the molecule is COC(=O)c1cccc(Nc2nc(C)cc(N3CCC(C)CC3)n2)c1. The number of piperidine rings is 1. The minimum Gasteiger partial charge on any atom is -0.465 e. The van der Waals surface area contributed by atoms with Gasteiger partial charge in [0.05, 0.1) is 12.7 Å². The molecule has 0 unspecified atom stereocenters. The first-order valence-electron chi connectivity index (χ1n) is 8.61. The van der Waals surface area contributed by atoms with Crippen LogP contribution in [-0.4, -0.2) is 36.1 Å². The molecule has 1 fully saturated rings. The highest BCUT2D eigenvalue weighted by Gasteiger charge is 2.18. The number of aryl methyl sites for hydroxylation is 1. The van der Waals surface area contributed by atoms with Crippen molar-refractivity contribution >= 4 is 23.4 Å². The summed E-state index contributed by atoms with van der Waals surface area (Å²) in [5.41, 5.74) is 2.16. The molecule has 0 amide bonds. The number of rotatable bonds is 4. The number of benzene rings is 1. The Bertz CT molecular complexity index is 755. The van der Waals surface area contributed by atoms with E-state index in [0.29, 0.717) is 11.5 Å². The summed E-state index contributed by atoms with van der Waals surface area (Å²) in [5.74, 6) is 1.90. The number of anilines is 3. The molecule has 0 radical (unpaired) electrons. The van der Waals surface area contributed by atoms with Gasteiger partial charge in [-0.05, 0) is 43.9 Å². The van der Waals surface area contributed by atoms with Crippen LogP contribution in [0.2, 0.25) is 0 Å². The van der Waals surface area contributed by atoms with E-state index in [9.17, 15) is 4.79 Å². The summed E-state index contributed by atoms with van der Waals surface area (Å²) in [6, 6.07) is 9.15. The molecule has 132 valence electrons. The van der Waals surface area contributed by atoms with Gasteiger partial charge in [-0.1, -0.05) is 13.0 Å². The minimum atomic E-state index is -0.364. The van der Waals surface area contributed by atoms with E-state index in [1.165, 1.54) is 20.0 Å². The van der Waals surface area contributed by atoms with Gasteiger partial charge in [-0.3, -0.25) is 0 Å². The Hall–Kier alpha value is -2.63. The second-order valence-corrected chi connectivity index (χ2v) is 6.56. The van der Waals surface area contributed by atoms with Crippen LogP contribution in [-0.2, 0) is 4.74 Å². The van der Waals surface area contributed by atoms with E-state index >= 15 is 0 Å². The summed E-state index contributed by atoms with van der Waals surface area (Å²) in [7, 11) is 1.37. The first-order chi connectivity index (χ1) is 12.0. The molecule has 1 aliphatic heterocycles. The van der Waals surface area contributed by atoms with E-state index in [1.54, 1.807) is 18.2 Å². The van der Waals surface area contributed by atoms with Crippen molar-refractivity contribution in [2.75, 3.05) is 30.4 Å². The van der Waals surface area contributed by atoms with E-state index in [1.807, 2.05) is 19.1 Å². The number of nitrogens with one attached hydrogen (secondary N) is 1. The molecule has 1 aromatic heterocycles. The van der Waals surface area contributed by atoms with Gasteiger partial charge in [0.25, 0.3) is 0 Å². The van der Waals surface area contributed by atoms with Gasteiger partial charge in [-0.15, -0.1) is 0 Å². The first-order valence-corrected chi connectivity index (χ1v) is 8.61. The van der Waals surface area contributed by atoms with E-state index in [-0.39, 0.29) is 5.97 Å². The Labute approximate surface area is 148 Å². The highest BCUT2D eigenvalue weighted by molar-refractivity contribution is 5.90. The van der Waals surface area contributed by atoms with Crippen molar-refractivity contribution in [2.24, 2.45) is 5.92 Å². The fourth-order valence-corrected chi connectivity index (χ4v) is 2.98. The third kappa shape index (κ3) is 4.26. The lowest BCUT2D eigenvalue weighted by Gasteiger charge is -2.31. The van der Waals surface area contributed by atoms with E-state index < -0.39 is 0 Å². The Morgan fingerprint density at radius 1 is 1.24 bits per heavy atom. The van der Waals surface area contributed by atoms with Crippen LogP contribution < -0.4 is 10.2 Å². The molecule has 0 aliphatic carbocycles. The third-order valence-electron chi connectivity index (χ3n) is 4.49. The molecule has 0 spiro atoms. The fraction of sp³-hybridized carbons (Fsp3) is 0.421. The minimum absolute atomic E-state index is 0.364. The van der Waals surface area contributed by atoms with Gasteiger partial charge >= 0.3 is 5.97 Å². The molecule has 2 aromatic rings. The molecule has 0 saturated carbocycles. The summed E-state index contributed by atoms with van der Waals surface area (Å²) in [6.45, 7) is 6.31. The predicted molar refractivity (Wildman–Crippen MR) is 98.4 cm³/mol. The highest BCUT2D eigenvalue weighted by Crippen LogP contribution is 2.24. The Kier molecular flexibility index (Phi) is 5.16. The summed E-state index contributed by atoms with van der Waals surface area (Å²) >= 11 is 0. The van der Waals surface area contributed by atoms with Gasteiger partial charge in [-0.2, -0.15) is 4.98 Å². The molecule has 1 aromatic carbocycles. The molecule has 3 rings (SSSR count). The molecule has 1 aliphatic rings. The number of hydrogen-bond acceptors (Lipinski definition) is 6. The van der Waals surface area contributed by atoms with Crippen LogP contribution in [0, 0.1) is 12.8 Å². The lowest BCUT2D eigenvalue weighted by atomic mass is 9.99. The van der Waals surface area contributed by atoms with Gasteiger partial charge in [0.15, 0.2) is 0 Å². The maximum atomic E-state index is 11.7. The summed E-state index contributed by atoms with van der Waals surface area (Å²) in [5, 5.41) is 3.20. The molecule has 25 heavy (non-hydrogen) atoms. The Morgan fingerprint density at radius 2 is 2.00 bits per heavy atom. The number of carbonyl (C=O) groups excluding carboxylic acids is 1. The largest absolute Gasteiger partial charge is 0.465 e. The van der Waals surface area contributed by atoms with Gasteiger partial charge in [0, 0.05) is 30.5 Å². The molecule has 6 nitrogen and oxygen atoms in total. The number of aromatic nitrogens is 2. The van der Waals surface area contributed by atoms with E-state index in [2.05, 4.69) is 27.1 Å². The van der Waals surface area contributed by atoms with Crippen LogP contribution >= 0.6 is 0 Å². The molecular formula is C19H24N4O2. The van der Waals surface area contributed by atoms with Crippen LogP contribution in [0.4, 0.5) is 17.5 Å². The maximum Gasteiger partial charge on any atom is 0.337 e. The number of esters is 1. The average Bonchev–Trinajstić information content (AvgIpc) is 2.61. The fourth-order valence-electron chi connectivity index (χ4n) is 2.98. The van der Waals surface area contributed by atoms with Gasteiger partial charge in [0.2, 0.25) is 5.95 Å². The van der Waals surface area contributed by atoms with Crippen molar-refractivity contribution in [3.8, 4) is 0 Å². The van der Waals surface area contributed by atoms with Gasteiger partial charge in [0.1, 0.15) is 5.82 Å². The van der Waals surface area contributed by atoms with Crippen molar-refractivity contribution in [1.82, 2.24) is 9.97 Å². The van der Waals surface area contributed by atoms with Crippen LogP contribution in [0.3, 0.4) is 0 Å². The normalized spacial score (nSPS) is 15.1. The van der Waals surface area contributed by atoms with Crippen molar-refractivity contribution in [1.29, 1.82) is 0 Å². The van der Waals surface area contributed by atoms with Crippen molar-refractivity contribution in [3.63, 3.8) is 0 Å². The summed E-state index contributed by atoms with van der Waals surface area (Å²) in [6.07, 6.45) is 2.37. The average molecular weight is 340 g/mol. The molecule has 6 heteroatoms. The lowest BCUT2D eigenvalue weighted by molar-refractivity contribution is 0.0601. The Balaban J connectivity index is 1.80. The van der Waals surface area contributed by atoms with Crippen molar-refractivity contribution in [3.05, 3.63) is 41.6 Å². The molecule has 0 bridgehead atoms. The van der Waals surface area contributed by atoms with Crippen molar-refractivity contribution < 1.29 is 9.53 Å². The standard InChI is InChI=1S/C19H24N4O2/c1-13-7-9-23(10-8-13)17-11-14(2)20-19(22-17)21-16-6-4-5-15(12-16)18(24)25-3/h4-6,11-13H,7-10H2,1-3H3,(H,20,21,22). The summed E-state index contributed by atoms with van der Waals surface area (Å²) < 4.78 is 4.76. The quantitative estimate of drug-likeness (QED) is 0.859. The molecule has 1 saturated heterocycles. The zero-order valence-electron chi connectivity index (χ0n) is 15.0. The number of methoxy groups -OCH3 is 1. The van der Waals surface area contributed by atoms with Gasteiger partial charge < -0.3 is 15.0 Å². The van der Waals surface area contributed by atoms with Crippen LogP contribution in [0.1, 0.15) is 35.8 Å². The third-order valence-corrected chi connectivity index (χ3v) is 4.49. The van der Waals surface area contributed by atoms with Crippen LogP contribution in [0.25, 0.3) is 0 Å². The number of hydrogen-bond donors (Lipinski definition) is 1. The van der Waals surface area contributed by atoms with Crippen LogP contribution in [0.15, 0.2) is 30.3 Å². The van der Waals surface area contributed by atoms with Crippen LogP contribution in [0.5, 0.6) is 0 Å². The lowest BCUT2D eigenvalue weighted by Crippen LogP contribution is -2.33.